The molecule has 6 aromatic carbocycles. The molecule has 3 nitrogen and oxygen atoms in total. The Hall–Kier alpha value is -5.93. The Morgan fingerprint density at radius 1 is 0.593 bits per heavy atom. The number of nitrogens with zero attached hydrogens (tertiary/aromatic N) is 2. The van der Waals surface area contributed by atoms with Gasteiger partial charge in [-0.1, -0.05) is 135 Å². The van der Waals surface area contributed by atoms with Gasteiger partial charge < -0.3 is 14.4 Å². The topological polar surface area (TPSA) is 38.9 Å². The average molecular weight is 946 g/mol. The number of hydrogen-bond acceptors (Lipinski definition) is 3. The van der Waals surface area contributed by atoms with Crippen molar-refractivity contribution in [3.8, 4) is 44.8 Å². The number of rotatable bonds is 4. The van der Waals surface area contributed by atoms with Crippen LogP contribution in [0.25, 0.3) is 66.7 Å². The molecule has 0 saturated heterocycles. The summed E-state index contributed by atoms with van der Waals surface area (Å²) < 4.78 is 28.4. The maximum Gasteiger partial charge on any atom is 0.128 e. The second-order valence-electron chi connectivity index (χ2n) is 16.2. The van der Waals surface area contributed by atoms with Gasteiger partial charge in [-0.15, -0.1) is 54.1 Å². The molecule has 0 fully saturated rings. The van der Waals surface area contributed by atoms with Crippen LogP contribution in [-0.2, 0) is 51.2 Å². The van der Waals surface area contributed by atoms with Crippen molar-refractivity contribution in [1.82, 2.24) is 9.97 Å². The van der Waals surface area contributed by atoms with E-state index in [1.165, 1.54) is 45.1 Å². The van der Waals surface area contributed by atoms with Crippen LogP contribution in [0.1, 0.15) is 58.3 Å². The Balaban J connectivity index is 0.000000263. The van der Waals surface area contributed by atoms with Gasteiger partial charge in [0.1, 0.15) is 5.58 Å². The standard InChI is InChI=1S/C43H36NO.C12H10N.Ir/c1-43(2,3)34-24-25-44-40(27-34)38-9-5-8-37-36-7-4-6-35(41(36)45-42(37)38)31-20-22-33(23-21-31)39-26-30-15-14-28-10-12-29(13-11-28)16-18-32(39)19-17-30;1-10-7-8-12(13-9-10)11-5-3-2-4-6-11;/h4-8,10-13,17,19-27H,14-16,18H2,1-3H3;2-5,7-9H,1H3;/q2*-1;/i;1D3;. The van der Waals surface area contributed by atoms with Gasteiger partial charge in [0, 0.05) is 47.6 Å². The van der Waals surface area contributed by atoms with Gasteiger partial charge in [-0.05, 0) is 105 Å². The van der Waals surface area contributed by atoms with Gasteiger partial charge >= 0.3 is 0 Å². The minimum atomic E-state index is -2.09. The van der Waals surface area contributed by atoms with Crippen molar-refractivity contribution in [2.45, 2.75) is 58.7 Å². The zero-order valence-electron chi connectivity index (χ0n) is 36.5. The molecule has 0 N–H and O–H groups in total. The summed E-state index contributed by atoms with van der Waals surface area (Å²) >= 11 is 0. The van der Waals surface area contributed by atoms with Gasteiger partial charge in [-0.25, -0.2) is 0 Å². The molecule has 4 aliphatic rings. The third-order valence-corrected chi connectivity index (χ3v) is 11.2. The van der Waals surface area contributed by atoms with Crippen LogP contribution in [0.3, 0.4) is 0 Å². The molecule has 59 heavy (non-hydrogen) atoms. The number of para-hydroxylation sites is 1. The van der Waals surface area contributed by atoms with Crippen LogP contribution >= 0.6 is 0 Å². The Morgan fingerprint density at radius 2 is 1.32 bits per heavy atom. The summed E-state index contributed by atoms with van der Waals surface area (Å²) in [5, 5.41) is 2.20. The zero-order chi connectivity index (χ0) is 42.1. The predicted molar refractivity (Wildman–Crippen MR) is 240 cm³/mol. The minimum Gasteiger partial charge on any atom is -0.500 e. The van der Waals surface area contributed by atoms with E-state index in [2.05, 4.69) is 141 Å². The number of pyridine rings is 2. The second kappa shape index (κ2) is 17.1. The van der Waals surface area contributed by atoms with Crippen molar-refractivity contribution in [2.24, 2.45) is 0 Å². The fourth-order valence-electron chi connectivity index (χ4n) is 7.86. The van der Waals surface area contributed by atoms with Crippen LogP contribution in [0, 0.1) is 19.0 Å². The SMILES string of the molecule is CC(C)(C)c1ccnc(-c2[c-]ccc3c2oc2c(-c4ccc(-c5cc6ccc5CCc5ccc(cc5)CC6)cc4)cccc23)c1.[2H]C([2H])([2H])c1ccc(-c2[c-]cccc2)nc1.[Ir]. The van der Waals surface area contributed by atoms with Gasteiger partial charge in [-0.3, -0.25) is 0 Å². The number of furan rings is 1. The van der Waals surface area contributed by atoms with E-state index >= 15 is 0 Å². The first-order valence-electron chi connectivity index (χ1n) is 21.5. The summed E-state index contributed by atoms with van der Waals surface area (Å²) in [5.74, 6) is 0. The molecule has 3 aromatic heterocycles. The van der Waals surface area contributed by atoms with E-state index in [1.807, 2.05) is 30.5 Å². The van der Waals surface area contributed by atoms with Crippen LogP contribution in [-0.4, -0.2) is 9.97 Å². The summed E-state index contributed by atoms with van der Waals surface area (Å²) in [6.45, 7) is 4.59. The van der Waals surface area contributed by atoms with E-state index < -0.39 is 6.85 Å². The summed E-state index contributed by atoms with van der Waals surface area (Å²) in [6.07, 6.45) is 7.48. The Bertz CT molecular complexity index is 2970. The molecule has 0 aliphatic heterocycles. The molecular weight excluding hydrogens is 897 g/mol. The molecule has 3 heterocycles. The fourth-order valence-corrected chi connectivity index (χ4v) is 7.86. The van der Waals surface area contributed by atoms with Gasteiger partial charge in [0.05, 0.1) is 5.58 Å². The number of benzene rings is 6. The monoisotopic (exact) mass is 946 g/mol. The first kappa shape index (κ1) is 36.2. The normalized spacial score (nSPS) is 13.3. The third-order valence-electron chi connectivity index (χ3n) is 11.2. The smallest absolute Gasteiger partial charge is 0.128 e. The first-order valence-corrected chi connectivity index (χ1v) is 20.0. The van der Waals surface area contributed by atoms with E-state index in [0.29, 0.717) is 0 Å². The molecule has 13 rings (SSSR count). The maximum atomic E-state index is 7.23. The largest absolute Gasteiger partial charge is 0.500 e. The van der Waals surface area contributed by atoms with Crippen molar-refractivity contribution < 1.29 is 28.6 Å². The van der Waals surface area contributed by atoms with Crippen LogP contribution in [0.2, 0.25) is 0 Å². The zero-order valence-corrected chi connectivity index (χ0v) is 35.9. The molecule has 0 spiro atoms. The molecule has 9 aromatic rings. The van der Waals surface area contributed by atoms with Crippen molar-refractivity contribution in [3.05, 3.63) is 203 Å². The van der Waals surface area contributed by atoms with E-state index in [0.717, 1.165) is 81.3 Å². The van der Waals surface area contributed by atoms with Crippen LogP contribution in [0.4, 0.5) is 0 Å². The predicted octanol–water partition coefficient (Wildman–Crippen LogP) is 13.8. The van der Waals surface area contributed by atoms with Crippen LogP contribution < -0.4 is 0 Å². The molecule has 0 saturated carbocycles. The summed E-state index contributed by atoms with van der Waals surface area (Å²) in [7, 11) is 0. The summed E-state index contributed by atoms with van der Waals surface area (Å²) in [4.78, 5) is 8.85. The van der Waals surface area contributed by atoms with Crippen molar-refractivity contribution in [2.75, 3.05) is 0 Å². The molecule has 4 aliphatic carbocycles. The number of fused-ring (bicyclic) bond motifs is 3. The third kappa shape index (κ3) is 8.62. The van der Waals surface area contributed by atoms with E-state index in [4.69, 9.17) is 13.5 Å². The second-order valence-corrected chi connectivity index (χ2v) is 16.2. The Labute approximate surface area is 365 Å². The Kier molecular flexibility index (Phi) is 10.5. The summed E-state index contributed by atoms with van der Waals surface area (Å²) in [5.41, 5.74) is 17.1. The molecular formula is C55H46IrN2O-2. The quantitative estimate of drug-likeness (QED) is 0.165. The summed E-state index contributed by atoms with van der Waals surface area (Å²) in [6, 6.07) is 57.4. The molecule has 0 unspecified atom stereocenters. The molecule has 1 radical (unpaired) electrons. The number of aromatic nitrogens is 2. The van der Waals surface area contributed by atoms with E-state index in [-0.39, 0.29) is 31.1 Å². The van der Waals surface area contributed by atoms with Crippen molar-refractivity contribution in [3.63, 3.8) is 0 Å². The molecule has 4 heteroatoms. The van der Waals surface area contributed by atoms with Gasteiger partial charge in [0.25, 0.3) is 0 Å². The van der Waals surface area contributed by atoms with Crippen LogP contribution in [0.5, 0.6) is 0 Å². The first-order chi connectivity index (χ1) is 29.5. The molecule has 0 atom stereocenters. The Morgan fingerprint density at radius 3 is 2.03 bits per heavy atom. The fraction of sp³-hybridized carbons (Fsp3) is 0.164. The van der Waals surface area contributed by atoms with E-state index in [1.54, 1.807) is 18.2 Å². The van der Waals surface area contributed by atoms with E-state index in [9.17, 15) is 0 Å². The van der Waals surface area contributed by atoms with Crippen LogP contribution in [0.15, 0.2) is 162 Å². The average Bonchev–Trinajstić information content (AvgIpc) is 3.67. The van der Waals surface area contributed by atoms with Gasteiger partial charge in [0.2, 0.25) is 0 Å². The molecule has 293 valence electrons. The maximum absolute atomic E-state index is 7.23. The molecule has 0 amide bonds. The number of aryl methyl sites for hydroxylation is 5. The number of hydrogen-bond donors (Lipinski definition) is 0. The van der Waals surface area contributed by atoms with Gasteiger partial charge in [0.15, 0.2) is 0 Å². The minimum absolute atomic E-state index is 0. The van der Waals surface area contributed by atoms with Gasteiger partial charge in [-0.2, -0.15) is 0 Å². The van der Waals surface area contributed by atoms with Crippen molar-refractivity contribution >= 4 is 21.9 Å². The molecule has 4 bridgehead atoms. The van der Waals surface area contributed by atoms with Crippen molar-refractivity contribution in [1.29, 1.82) is 0 Å².